The fourth-order valence-electron chi connectivity index (χ4n) is 1.28. The Morgan fingerprint density at radius 1 is 1.31 bits per heavy atom. The second-order valence-corrected chi connectivity index (χ2v) is 3.54. The first-order valence-corrected chi connectivity index (χ1v) is 5.08. The minimum Gasteiger partial charge on any atom is -0.493 e. The quantitative estimate of drug-likeness (QED) is 0.728. The Bertz CT molecular complexity index is 416. The van der Waals surface area contributed by atoms with Crippen molar-refractivity contribution in [1.29, 1.82) is 5.26 Å². The topological polar surface area (TPSA) is 42.2 Å². The molecule has 1 rings (SSSR count). The molecule has 0 amide bonds. The molecule has 0 aliphatic heterocycles. The highest BCUT2D eigenvalue weighted by atomic mass is 16.5. The summed E-state index contributed by atoms with van der Waals surface area (Å²) >= 11 is 0. The van der Waals surface area contributed by atoms with Gasteiger partial charge in [0.25, 0.3) is 0 Å². The van der Waals surface area contributed by atoms with Crippen LogP contribution in [-0.2, 0) is 0 Å². The van der Waals surface area contributed by atoms with Gasteiger partial charge in [-0.15, -0.1) is 0 Å². The summed E-state index contributed by atoms with van der Waals surface area (Å²) in [5, 5.41) is 8.45. The molecule has 0 aromatic heterocycles. The van der Waals surface area contributed by atoms with Crippen LogP contribution >= 0.6 is 0 Å². The van der Waals surface area contributed by atoms with Gasteiger partial charge in [0.15, 0.2) is 11.5 Å². The van der Waals surface area contributed by atoms with Crippen molar-refractivity contribution in [3.63, 3.8) is 0 Å². The van der Waals surface area contributed by atoms with E-state index in [0.29, 0.717) is 11.5 Å². The lowest BCUT2D eigenvalue weighted by Crippen LogP contribution is -2.06. The lowest BCUT2D eigenvalue weighted by molar-refractivity contribution is 0.230. The monoisotopic (exact) mass is 217 g/mol. The highest BCUT2D eigenvalue weighted by Gasteiger charge is 2.06. The van der Waals surface area contributed by atoms with Crippen LogP contribution < -0.4 is 9.47 Å². The van der Waals surface area contributed by atoms with E-state index in [4.69, 9.17) is 14.7 Å². The van der Waals surface area contributed by atoms with Gasteiger partial charge in [0.2, 0.25) is 0 Å². The van der Waals surface area contributed by atoms with E-state index in [1.807, 2.05) is 38.1 Å². The standard InChI is InChI=1S/C13H15NO2/c1-10(2)16-13-9-11(5-4-8-14)6-7-12(13)15-3/h4-7,9-10H,1-3H3/b5-4+. The molecule has 0 bridgehead atoms. The van der Waals surface area contributed by atoms with E-state index in [-0.39, 0.29) is 6.10 Å². The lowest BCUT2D eigenvalue weighted by Gasteiger charge is -2.13. The number of ether oxygens (including phenoxy) is 2. The molecule has 0 spiro atoms. The van der Waals surface area contributed by atoms with Crippen molar-refractivity contribution in [3.05, 3.63) is 29.8 Å². The molecule has 84 valence electrons. The van der Waals surface area contributed by atoms with E-state index in [2.05, 4.69) is 0 Å². The highest BCUT2D eigenvalue weighted by Crippen LogP contribution is 2.29. The number of nitrogens with zero attached hydrogens (tertiary/aromatic N) is 1. The van der Waals surface area contributed by atoms with Crippen LogP contribution in [0.5, 0.6) is 11.5 Å². The van der Waals surface area contributed by atoms with Gasteiger partial charge in [-0.1, -0.05) is 6.07 Å². The van der Waals surface area contributed by atoms with Crippen molar-refractivity contribution in [1.82, 2.24) is 0 Å². The van der Waals surface area contributed by atoms with Gasteiger partial charge < -0.3 is 9.47 Å². The van der Waals surface area contributed by atoms with Crippen LogP contribution in [0.2, 0.25) is 0 Å². The molecule has 3 heteroatoms. The molecule has 0 radical (unpaired) electrons. The Balaban J connectivity index is 3.01. The van der Waals surface area contributed by atoms with E-state index < -0.39 is 0 Å². The Kier molecular flexibility index (Phi) is 4.41. The Labute approximate surface area is 95.9 Å². The molecule has 1 aromatic rings. The zero-order valence-corrected chi connectivity index (χ0v) is 9.73. The van der Waals surface area contributed by atoms with Gasteiger partial charge in [-0.25, -0.2) is 0 Å². The summed E-state index contributed by atoms with van der Waals surface area (Å²) in [6, 6.07) is 7.51. The molecule has 3 nitrogen and oxygen atoms in total. The predicted molar refractivity (Wildman–Crippen MR) is 63.4 cm³/mol. The third-order valence-corrected chi connectivity index (χ3v) is 1.90. The van der Waals surface area contributed by atoms with E-state index >= 15 is 0 Å². The fraction of sp³-hybridized carbons (Fsp3) is 0.308. The molecule has 0 aliphatic carbocycles. The maximum atomic E-state index is 8.45. The number of nitriles is 1. The van der Waals surface area contributed by atoms with Crippen molar-refractivity contribution in [2.24, 2.45) is 0 Å². The van der Waals surface area contributed by atoms with Gasteiger partial charge in [0.1, 0.15) is 0 Å². The number of methoxy groups -OCH3 is 1. The van der Waals surface area contributed by atoms with E-state index in [1.54, 1.807) is 13.2 Å². The molecule has 0 N–H and O–H groups in total. The third kappa shape index (κ3) is 3.32. The van der Waals surface area contributed by atoms with Gasteiger partial charge >= 0.3 is 0 Å². The minimum absolute atomic E-state index is 0.0871. The maximum Gasteiger partial charge on any atom is 0.162 e. The first-order valence-electron chi connectivity index (χ1n) is 5.08. The third-order valence-electron chi connectivity index (χ3n) is 1.90. The summed E-state index contributed by atoms with van der Waals surface area (Å²) in [5.41, 5.74) is 0.915. The molecule has 0 saturated carbocycles. The molecule has 0 unspecified atom stereocenters. The van der Waals surface area contributed by atoms with Crippen molar-refractivity contribution in [3.8, 4) is 17.6 Å². The summed E-state index contributed by atoms with van der Waals surface area (Å²) in [6.45, 7) is 3.91. The van der Waals surface area contributed by atoms with Crippen LogP contribution in [0.25, 0.3) is 6.08 Å². The van der Waals surface area contributed by atoms with Crippen LogP contribution in [0.3, 0.4) is 0 Å². The number of hydrogen-bond acceptors (Lipinski definition) is 3. The molecule has 0 fully saturated rings. The summed E-state index contributed by atoms with van der Waals surface area (Å²) in [5.74, 6) is 1.39. The molecule has 1 aromatic carbocycles. The van der Waals surface area contributed by atoms with Gasteiger partial charge in [-0.3, -0.25) is 0 Å². The van der Waals surface area contributed by atoms with E-state index in [9.17, 15) is 0 Å². The maximum absolute atomic E-state index is 8.45. The van der Waals surface area contributed by atoms with Gasteiger partial charge in [-0.05, 0) is 37.6 Å². The van der Waals surface area contributed by atoms with Crippen LogP contribution in [-0.4, -0.2) is 13.2 Å². The number of rotatable bonds is 4. The smallest absolute Gasteiger partial charge is 0.162 e. The van der Waals surface area contributed by atoms with Crippen molar-refractivity contribution in [2.45, 2.75) is 20.0 Å². The number of hydrogen-bond donors (Lipinski definition) is 0. The summed E-state index contributed by atoms with van der Waals surface area (Å²) in [6.07, 6.45) is 3.25. The fourth-order valence-corrected chi connectivity index (χ4v) is 1.28. The van der Waals surface area contributed by atoms with Crippen LogP contribution in [0.1, 0.15) is 19.4 Å². The molecular formula is C13H15NO2. The summed E-state index contributed by atoms with van der Waals surface area (Å²) in [4.78, 5) is 0. The number of benzene rings is 1. The summed E-state index contributed by atoms with van der Waals surface area (Å²) < 4.78 is 10.8. The van der Waals surface area contributed by atoms with Crippen molar-refractivity contribution in [2.75, 3.05) is 7.11 Å². The molecule has 16 heavy (non-hydrogen) atoms. The zero-order chi connectivity index (χ0) is 12.0. The second kappa shape index (κ2) is 5.82. The molecular weight excluding hydrogens is 202 g/mol. The molecule has 0 heterocycles. The largest absolute Gasteiger partial charge is 0.493 e. The van der Waals surface area contributed by atoms with Crippen LogP contribution in [0, 0.1) is 11.3 Å². The van der Waals surface area contributed by atoms with Crippen LogP contribution in [0.4, 0.5) is 0 Å². The van der Waals surface area contributed by atoms with Crippen molar-refractivity contribution < 1.29 is 9.47 Å². The van der Waals surface area contributed by atoms with E-state index in [0.717, 1.165) is 5.56 Å². The van der Waals surface area contributed by atoms with E-state index in [1.165, 1.54) is 6.08 Å². The first kappa shape index (κ1) is 12.1. The van der Waals surface area contributed by atoms with Gasteiger partial charge in [-0.2, -0.15) is 5.26 Å². The zero-order valence-electron chi connectivity index (χ0n) is 9.73. The Morgan fingerprint density at radius 3 is 2.62 bits per heavy atom. The second-order valence-electron chi connectivity index (χ2n) is 3.54. The highest BCUT2D eigenvalue weighted by molar-refractivity contribution is 5.57. The predicted octanol–water partition coefficient (Wildman–Crippen LogP) is 3.02. The molecule has 0 saturated heterocycles. The Hall–Kier alpha value is -1.95. The SMILES string of the molecule is COc1ccc(/C=C/C#N)cc1OC(C)C. The normalized spacial score (nSPS) is 10.4. The lowest BCUT2D eigenvalue weighted by atomic mass is 10.2. The van der Waals surface area contributed by atoms with Gasteiger partial charge in [0, 0.05) is 6.08 Å². The first-order chi connectivity index (χ1) is 7.67. The molecule has 0 aliphatic rings. The van der Waals surface area contributed by atoms with Crippen molar-refractivity contribution >= 4 is 6.08 Å². The van der Waals surface area contributed by atoms with Gasteiger partial charge in [0.05, 0.1) is 19.3 Å². The summed E-state index contributed by atoms with van der Waals surface area (Å²) in [7, 11) is 1.60. The average Bonchev–Trinajstić information content (AvgIpc) is 2.26. The Morgan fingerprint density at radius 2 is 2.06 bits per heavy atom. The van der Waals surface area contributed by atoms with Crippen LogP contribution in [0.15, 0.2) is 24.3 Å². The molecule has 0 atom stereocenters. The average molecular weight is 217 g/mol. The number of allylic oxidation sites excluding steroid dienone is 1. The minimum atomic E-state index is 0.0871.